The Morgan fingerprint density at radius 1 is 1.12 bits per heavy atom. The number of aromatic nitrogens is 2. The average Bonchev–Trinajstić information content (AvgIpc) is 3.33. The molecule has 2 aromatic carbocycles. The molecule has 1 amide bonds. The van der Waals surface area contributed by atoms with Crippen LogP contribution < -0.4 is 0 Å². The first kappa shape index (κ1) is 24.2. The zero-order valence-electron chi connectivity index (χ0n) is 19.8. The van der Waals surface area contributed by atoms with Crippen LogP contribution in [0, 0.1) is 0 Å². The summed E-state index contributed by atoms with van der Waals surface area (Å²) in [4.78, 5) is 14.8. The second-order valence-electron chi connectivity index (χ2n) is 8.96. The van der Waals surface area contributed by atoms with Crippen molar-refractivity contribution in [2.75, 3.05) is 20.1 Å². The van der Waals surface area contributed by atoms with Crippen molar-refractivity contribution < 1.29 is 13.2 Å². The summed E-state index contributed by atoms with van der Waals surface area (Å²) in [6.45, 7) is 3.03. The molecule has 1 atom stereocenters. The highest BCUT2D eigenvalue weighted by atomic mass is 32.2. The summed E-state index contributed by atoms with van der Waals surface area (Å²) in [6.07, 6.45) is 4.31. The standard InChI is InChI=1S/C26H32N4O3S/c1-20-10-6-7-17-30(20)34(32,33)24-15-8-13-22(18-24)26(31)29(2)16-9-14-23-19-25(28-27-23)21-11-4-3-5-12-21/h3-5,8,11-13,15,18-20H,6-7,9-10,14,16-17H2,1-2H3,(H,27,28). The SMILES string of the molecule is CC1CCCCN1S(=O)(=O)c1cccc(C(=O)N(C)CCCc2cc(-c3ccccc3)n[nH]2)c1. The molecule has 1 N–H and O–H groups in total. The summed E-state index contributed by atoms with van der Waals surface area (Å²) in [7, 11) is -1.87. The number of H-pyrrole nitrogens is 1. The molecule has 1 fully saturated rings. The Balaban J connectivity index is 1.36. The molecule has 0 aliphatic carbocycles. The van der Waals surface area contributed by atoms with E-state index >= 15 is 0 Å². The molecule has 1 saturated heterocycles. The highest BCUT2D eigenvalue weighted by molar-refractivity contribution is 7.89. The number of carbonyl (C=O) groups is 1. The summed E-state index contributed by atoms with van der Waals surface area (Å²) in [6, 6.07) is 18.4. The third kappa shape index (κ3) is 5.39. The molecule has 2 heterocycles. The summed E-state index contributed by atoms with van der Waals surface area (Å²) in [5.41, 5.74) is 3.37. The Hall–Kier alpha value is -2.97. The maximum Gasteiger partial charge on any atom is 0.253 e. The first-order valence-corrected chi connectivity index (χ1v) is 13.3. The van der Waals surface area contributed by atoms with Crippen molar-refractivity contribution in [2.45, 2.75) is 50.0 Å². The quantitative estimate of drug-likeness (QED) is 0.520. The number of aryl methyl sites for hydroxylation is 1. The van der Waals surface area contributed by atoms with Crippen molar-refractivity contribution in [3.8, 4) is 11.3 Å². The van der Waals surface area contributed by atoms with E-state index in [1.54, 1.807) is 34.5 Å². The van der Waals surface area contributed by atoms with Crippen LogP contribution in [0.4, 0.5) is 0 Å². The number of benzene rings is 2. The van der Waals surface area contributed by atoms with E-state index in [1.165, 1.54) is 6.07 Å². The van der Waals surface area contributed by atoms with E-state index in [0.29, 0.717) is 18.7 Å². The summed E-state index contributed by atoms with van der Waals surface area (Å²) >= 11 is 0. The smallest absolute Gasteiger partial charge is 0.253 e. The van der Waals surface area contributed by atoms with Gasteiger partial charge in [0.2, 0.25) is 10.0 Å². The van der Waals surface area contributed by atoms with Gasteiger partial charge in [-0.1, -0.05) is 42.8 Å². The van der Waals surface area contributed by atoms with Gasteiger partial charge in [-0.3, -0.25) is 9.89 Å². The number of aromatic amines is 1. The number of hydrogen-bond donors (Lipinski definition) is 1. The Bertz CT molecular complexity index is 1220. The second kappa shape index (κ2) is 10.5. The molecule has 0 bridgehead atoms. The van der Waals surface area contributed by atoms with Crippen LogP contribution in [0.5, 0.6) is 0 Å². The van der Waals surface area contributed by atoms with Gasteiger partial charge in [-0.05, 0) is 56.9 Å². The molecular weight excluding hydrogens is 448 g/mol. The number of carbonyl (C=O) groups excluding carboxylic acids is 1. The van der Waals surface area contributed by atoms with Crippen LogP contribution in [0.2, 0.25) is 0 Å². The van der Waals surface area contributed by atoms with E-state index in [0.717, 1.165) is 49.1 Å². The number of hydrogen-bond acceptors (Lipinski definition) is 4. The monoisotopic (exact) mass is 480 g/mol. The zero-order valence-corrected chi connectivity index (χ0v) is 20.6. The van der Waals surface area contributed by atoms with Crippen LogP contribution in [0.1, 0.15) is 48.7 Å². The Labute approximate surface area is 201 Å². The van der Waals surface area contributed by atoms with Crippen molar-refractivity contribution in [3.05, 3.63) is 71.9 Å². The van der Waals surface area contributed by atoms with Crippen LogP contribution in [0.15, 0.2) is 65.6 Å². The van der Waals surface area contributed by atoms with E-state index in [4.69, 9.17) is 0 Å². The van der Waals surface area contributed by atoms with E-state index in [1.807, 2.05) is 43.3 Å². The minimum absolute atomic E-state index is 0.0225. The second-order valence-corrected chi connectivity index (χ2v) is 10.9. The lowest BCUT2D eigenvalue weighted by atomic mass is 10.1. The molecule has 1 aliphatic rings. The van der Waals surface area contributed by atoms with Gasteiger partial charge in [-0.2, -0.15) is 9.40 Å². The number of piperidine rings is 1. The van der Waals surface area contributed by atoms with Crippen molar-refractivity contribution in [1.29, 1.82) is 0 Å². The zero-order chi connectivity index (χ0) is 24.1. The fourth-order valence-electron chi connectivity index (χ4n) is 4.43. The summed E-state index contributed by atoms with van der Waals surface area (Å²) in [5.74, 6) is -0.182. The maximum atomic E-state index is 13.2. The number of rotatable bonds is 8. The molecule has 0 spiro atoms. The van der Waals surface area contributed by atoms with Crippen LogP contribution in [-0.4, -0.2) is 59.9 Å². The maximum absolute atomic E-state index is 13.2. The lowest BCUT2D eigenvalue weighted by molar-refractivity contribution is 0.0793. The fraction of sp³-hybridized carbons (Fsp3) is 0.385. The summed E-state index contributed by atoms with van der Waals surface area (Å²) < 4.78 is 27.9. The number of nitrogens with one attached hydrogen (secondary N) is 1. The average molecular weight is 481 g/mol. The van der Waals surface area contributed by atoms with Crippen LogP contribution >= 0.6 is 0 Å². The van der Waals surface area contributed by atoms with E-state index < -0.39 is 10.0 Å². The van der Waals surface area contributed by atoms with Gasteiger partial charge < -0.3 is 4.90 Å². The predicted octanol–water partition coefficient (Wildman–Crippen LogP) is 4.34. The van der Waals surface area contributed by atoms with Gasteiger partial charge in [-0.15, -0.1) is 0 Å². The largest absolute Gasteiger partial charge is 0.342 e. The number of sulfonamides is 1. The van der Waals surface area contributed by atoms with Crippen LogP contribution in [-0.2, 0) is 16.4 Å². The first-order valence-electron chi connectivity index (χ1n) is 11.8. The van der Waals surface area contributed by atoms with Crippen molar-refractivity contribution >= 4 is 15.9 Å². The van der Waals surface area contributed by atoms with Gasteiger partial charge in [0, 0.05) is 43.0 Å². The molecule has 34 heavy (non-hydrogen) atoms. The van der Waals surface area contributed by atoms with Gasteiger partial charge in [0.05, 0.1) is 10.6 Å². The third-order valence-corrected chi connectivity index (χ3v) is 8.43. The lowest BCUT2D eigenvalue weighted by Gasteiger charge is -2.32. The molecule has 3 aromatic rings. The Morgan fingerprint density at radius 3 is 2.68 bits per heavy atom. The molecular formula is C26H32N4O3S. The van der Waals surface area contributed by atoms with Crippen molar-refractivity contribution in [3.63, 3.8) is 0 Å². The van der Waals surface area contributed by atoms with Gasteiger partial charge >= 0.3 is 0 Å². The highest BCUT2D eigenvalue weighted by Crippen LogP contribution is 2.26. The van der Waals surface area contributed by atoms with Gasteiger partial charge in [-0.25, -0.2) is 8.42 Å². The van der Waals surface area contributed by atoms with Crippen LogP contribution in [0.3, 0.4) is 0 Å². The fourth-order valence-corrected chi connectivity index (χ4v) is 6.17. The first-order chi connectivity index (χ1) is 16.4. The van der Waals surface area contributed by atoms with Gasteiger partial charge in [0.1, 0.15) is 0 Å². The molecule has 4 rings (SSSR count). The molecule has 1 aliphatic heterocycles. The minimum atomic E-state index is -3.62. The van der Waals surface area contributed by atoms with E-state index in [-0.39, 0.29) is 16.8 Å². The van der Waals surface area contributed by atoms with Crippen molar-refractivity contribution in [1.82, 2.24) is 19.4 Å². The number of nitrogens with zero attached hydrogens (tertiary/aromatic N) is 3. The molecule has 180 valence electrons. The van der Waals surface area contributed by atoms with Gasteiger partial charge in [0.15, 0.2) is 0 Å². The van der Waals surface area contributed by atoms with Crippen molar-refractivity contribution in [2.24, 2.45) is 0 Å². The molecule has 8 heteroatoms. The Kier molecular flexibility index (Phi) is 7.48. The third-order valence-electron chi connectivity index (χ3n) is 6.42. The normalized spacial score (nSPS) is 16.9. The molecule has 0 saturated carbocycles. The van der Waals surface area contributed by atoms with Gasteiger partial charge in [0.25, 0.3) is 5.91 Å². The minimum Gasteiger partial charge on any atom is -0.342 e. The van der Waals surface area contributed by atoms with E-state index in [2.05, 4.69) is 10.2 Å². The number of amides is 1. The molecule has 1 unspecified atom stereocenters. The van der Waals surface area contributed by atoms with E-state index in [9.17, 15) is 13.2 Å². The lowest BCUT2D eigenvalue weighted by Crippen LogP contribution is -2.42. The topological polar surface area (TPSA) is 86.4 Å². The summed E-state index contributed by atoms with van der Waals surface area (Å²) in [5, 5.41) is 7.45. The molecule has 1 aromatic heterocycles. The van der Waals surface area contributed by atoms with Crippen LogP contribution in [0.25, 0.3) is 11.3 Å². The Morgan fingerprint density at radius 2 is 1.91 bits per heavy atom. The molecule has 0 radical (unpaired) electrons. The molecule has 7 nitrogen and oxygen atoms in total. The predicted molar refractivity (Wildman–Crippen MR) is 133 cm³/mol. The highest BCUT2D eigenvalue weighted by Gasteiger charge is 2.31.